The van der Waals surface area contributed by atoms with Gasteiger partial charge < -0.3 is 25.5 Å². The molecule has 14 heavy (non-hydrogen) atoms. The lowest BCUT2D eigenvalue weighted by Gasteiger charge is -2.20. The van der Waals surface area contributed by atoms with Crippen molar-refractivity contribution in [3.05, 3.63) is 0 Å². The Hall–Kier alpha value is -0.530. The summed E-state index contributed by atoms with van der Waals surface area (Å²) >= 11 is 0. The minimum absolute atomic E-state index is 0.148. The fourth-order valence-corrected chi connectivity index (χ4v) is 0.877. The smallest absolute Gasteiger partial charge is 0.195 e. The SMILES string of the molecule is CCC(O)[C@H](O)C(=O)[C@H](O)[C@H](O)CO. The van der Waals surface area contributed by atoms with Gasteiger partial charge in [-0.05, 0) is 6.42 Å². The van der Waals surface area contributed by atoms with Gasteiger partial charge in [-0.25, -0.2) is 0 Å². The summed E-state index contributed by atoms with van der Waals surface area (Å²) in [7, 11) is 0. The number of hydrogen-bond donors (Lipinski definition) is 5. The van der Waals surface area contributed by atoms with Crippen molar-refractivity contribution >= 4 is 5.78 Å². The zero-order valence-electron chi connectivity index (χ0n) is 7.87. The van der Waals surface area contributed by atoms with Crippen LogP contribution in [0.15, 0.2) is 0 Å². The molecular formula is C8H16O6. The maximum absolute atomic E-state index is 11.1. The number of ketones is 1. The summed E-state index contributed by atoms with van der Waals surface area (Å²) in [4.78, 5) is 11.1. The Balaban J connectivity index is 4.31. The van der Waals surface area contributed by atoms with E-state index in [1.807, 2.05) is 0 Å². The third-order valence-corrected chi connectivity index (χ3v) is 1.92. The molecule has 0 amide bonds. The van der Waals surface area contributed by atoms with Gasteiger partial charge in [0, 0.05) is 0 Å². The van der Waals surface area contributed by atoms with Crippen LogP contribution in [0.5, 0.6) is 0 Å². The Bertz CT molecular complexity index is 165. The number of rotatable bonds is 6. The Morgan fingerprint density at radius 2 is 1.50 bits per heavy atom. The summed E-state index contributed by atoms with van der Waals surface area (Å²) in [5.74, 6) is -1.10. The molecule has 0 aliphatic carbocycles. The van der Waals surface area contributed by atoms with E-state index in [2.05, 4.69) is 0 Å². The van der Waals surface area contributed by atoms with E-state index < -0.39 is 36.8 Å². The standard InChI is InChI=1S/C8H16O6/c1-2-4(10)6(12)8(14)7(13)5(11)3-9/h4-7,9-13H,2-3H2,1H3/t4?,5-,6+,7-/m1/s1. The van der Waals surface area contributed by atoms with Crippen molar-refractivity contribution in [2.75, 3.05) is 6.61 Å². The van der Waals surface area contributed by atoms with Crippen LogP contribution >= 0.6 is 0 Å². The van der Waals surface area contributed by atoms with Gasteiger partial charge in [-0.1, -0.05) is 6.92 Å². The minimum atomic E-state index is -1.88. The number of aliphatic hydroxyl groups excluding tert-OH is 5. The van der Waals surface area contributed by atoms with Crippen LogP contribution in [0.1, 0.15) is 13.3 Å². The largest absolute Gasteiger partial charge is 0.394 e. The van der Waals surface area contributed by atoms with E-state index >= 15 is 0 Å². The lowest BCUT2D eigenvalue weighted by atomic mass is 10.0. The summed E-state index contributed by atoms with van der Waals surface area (Å²) in [6.45, 7) is 0.762. The van der Waals surface area contributed by atoms with Crippen molar-refractivity contribution < 1.29 is 30.3 Å². The Labute approximate surface area is 81.4 Å². The topological polar surface area (TPSA) is 118 Å². The average molecular weight is 208 g/mol. The van der Waals surface area contributed by atoms with Gasteiger partial charge >= 0.3 is 0 Å². The lowest BCUT2D eigenvalue weighted by molar-refractivity contribution is -0.148. The van der Waals surface area contributed by atoms with Crippen molar-refractivity contribution in [1.82, 2.24) is 0 Å². The molecule has 5 N–H and O–H groups in total. The summed E-state index contributed by atoms with van der Waals surface area (Å²) < 4.78 is 0. The highest BCUT2D eigenvalue weighted by Crippen LogP contribution is 2.05. The second-order valence-electron chi connectivity index (χ2n) is 3.02. The molecule has 0 aromatic heterocycles. The van der Waals surface area contributed by atoms with Crippen molar-refractivity contribution in [2.24, 2.45) is 0 Å². The summed E-state index contributed by atoms with van der Waals surface area (Å²) in [6, 6.07) is 0. The van der Waals surface area contributed by atoms with Gasteiger partial charge in [-0.2, -0.15) is 0 Å². The predicted octanol–water partition coefficient (Wildman–Crippen LogP) is -2.60. The molecule has 0 radical (unpaired) electrons. The fraction of sp³-hybridized carbons (Fsp3) is 0.875. The van der Waals surface area contributed by atoms with Gasteiger partial charge in [-0.15, -0.1) is 0 Å². The van der Waals surface area contributed by atoms with Crippen LogP contribution in [0, 0.1) is 0 Å². The molecule has 6 heteroatoms. The van der Waals surface area contributed by atoms with E-state index in [0.717, 1.165) is 0 Å². The highest BCUT2D eigenvalue weighted by atomic mass is 16.4. The fourth-order valence-electron chi connectivity index (χ4n) is 0.877. The Morgan fingerprint density at radius 3 is 1.86 bits per heavy atom. The van der Waals surface area contributed by atoms with E-state index in [1.54, 1.807) is 6.92 Å². The minimum Gasteiger partial charge on any atom is -0.394 e. The first-order valence-corrected chi connectivity index (χ1v) is 4.32. The molecule has 0 spiro atoms. The Kier molecular flexibility index (Phi) is 5.82. The molecule has 0 fully saturated rings. The highest BCUT2D eigenvalue weighted by Gasteiger charge is 2.32. The van der Waals surface area contributed by atoms with Gasteiger partial charge in [0.05, 0.1) is 12.7 Å². The van der Waals surface area contributed by atoms with Gasteiger partial charge in [-0.3, -0.25) is 4.79 Å². The first-order chi connectivity index (χ1) is 6.45. The summed E-state index contributed by atoms with van der Waals surface area (Å²) in [6.07, 6.45) is -6.38. The molecule has 1 unspecified atom stereocenters. The predicted molar refractivity (Wildman–Crippen MR) is 46.4 cm³/mol. The second kappa shape index (κ2) is 6.05. The zero-order chi connectivity index (χ0) is 11.3. The van der Waals surface area contributed by atoms with Crippen molar-refractivity contribution in [1.29, 1.82) is 0 Å². The van der Waals surface area contributed by atoms with Gasteiger partial charge in [0.15, 0.2) is 5.78 Å². The quantitative estimate of drug-likeness (QED) is 0.327. The van der Waals surface area contributed by atoms with Crippen LogP contribution in [-0.2, 0) is 4.79 Å². The van der Waals surface area contributed by atoms with Crippen molar-refractivity contribution in [2.45, 2.75) is 37.8 Å². The number of carbonyl (C=O) groups excluding carboxylic acids is 1. The Morgan fingerprint density at radius 1 is 1.07 bits per heavy atom. The third kappa shape index (κ3) is 3.32. The number of Topliss-reactive ketones (excluding diaryl/α,β-unsaturated/α-hetero) is 1. The molecule has 0 rings (SSSR count). The monoisotopic (exact) mass is 208 g/mol. The molecule has 6 nitrogen and oxygen atoms in total. The van der Waals surface area contributed by atoms with Gasteiger partial charge in [0.2, 0.25) is 0 Å². The van der Waals surface area contributed by atoms with E-state index in [-0.39, 0.29) is 6.42 Å². The van der Waals surface area contributed by atoms with Crippen LogP contribution in [0.2, 0.25) is 0 Å². The molecular weight excluding hydrogens is 192 g/mol. The summed E-state index contributed by atoms with van der Waals surface area (Å²) in [5, 5.41) is 44.6. The average Bonchev–Trinajstić information content (AvgIpc) is 2.23. The van der Waals surface area contributed by atoms with Crippen molar-refractivity contribution in [3.63, 3.8) is 0 Å². The number of aliphatic hydroxyl groups is 5. The first kappa shape index (κ1) is 13.5. The van der Waals surface area contributed by atoms with Gasteiger partial charge in [0.25, 0.3) is 0 Å². The lowest BCUT2D eigenvalue weighted by Crippen LogP contribution is -2.46. The second-order valence-corrected chi connectivity index (χ2v) is 3.02. The normalized spacial score (nSPS) is 19.9. The zero-order valence-corrected chi connectivity index (χ0v) is 7.87. The van der Waals surface area contributed by atoms with E-state index in [0.29, 0.717) is 0 Å². The van der Waals surface area contributed by atoms with Gasteiger partial charge in [0.1, 0.15) is 18.3 Å². The molecule has 4 atom stereocenters. The van der Waals surface area contributed by atoms with Crippen LogP contribution in [0.4, 0.5) is 0 Å². The molecule has 84 valence electrons. The molecule has 0 aliphatic heterocycles. The van der Waals surface area contributed by atoms with Crippen LogP contribution in [-0.4, -0.2) is 62.3 Å². The van der Waals surface area contributed by atoms with Crippen LogP contribution in [0.3, 0.4) is 0 Å². The number of carbonyl (C=O) groups is 1. The highest BCUT2D eigenvalue weighted by molar-refractivity contribution is 5.88. The molecule has 0 heterocycles. The first-order valence-electron chi connectivity index (χ1n) is 4.32. The van der Waals surface area contributed by atoms with Crippen LogP contribution < -0.4 is 0 Å². The van der Waals surface area contributed by atoms with E-state index in [1.165, 1.54) is 0 Å². The molecule has 0 aromatic rings. The van der Waals surface area contributed by atoms with E-state index in [4.69, 9.17) is 25.5 Å². The maximum atomic E-state index is 11.1. The van der Waals surface area contributed by atoms with E-state index in [9.17, 15) is 4.79 Å². The molecule has 0 aromatic carbocycles. The third-order valence-electron chi connectivity index (χ3n) is 1.92. The number of hydrogen-bond acceptors (Lipinski definition) is 6. The summed E-state index contributed by atoms with van der Waals surface area (Å²) in [5.41, 5.74) is 0. The molecule has 0 aliphatic rings. The van der Waals surface area contributed by atoms with Crippen molar-refractivity contribution in [3.8, 4) is 0 Å². The maximum Gasteiger partial charge on any atom is 0.195 e. The molecule has 0 bridgehead atoms. The molecule has 0 saturated heterocycles. The van der Waals surface area contributed by atoms with Crippen LogP contribution in [0.25, 0.3) is 0 Å². The molecule has 0 saturated carbocycles.